The molecule has 0 aliphatic carbocycles. The molecule has 1 amide bonds. The molecule has 2 heterocycles. The number of aromatic nitrogens is 2. The zero-order valence-electron chi connectivity index (χ0n) is 17.1. The van der Waals surface area contributed by atoms with Crippen LogP contribution in [0.2, 0.25) is 0 Å². The molecule has 0 atom stereocenters. The molecule has 0 unspecified atom stereocenters. The van der Waals surface area contributed by atoms with Crippen molar-refractivity contribution in [2.45, 2.75) is 46.5 Å². The molecule has 0 spiro atoms. The highest BCUT2D eigenvalue weighted by atomic mass is 32.1. The van der Waals surface area contributed by atoms with Gasteiger partial charge in [0.25, 0.3) is 5.91 Å². The number of benzene rings is 1. The van der Waals surface area contributed by atoms with Gasteiger partial charge in [0, 0.05) is 40.9 Å². The summed E-state index contributed by atoms with van der Waals surface area (Å²) in [6.07, 6.45) is 0.725. The van der Waals surface area contributed by atoms with Gasteiger partial charge in [0.2, 0.25) is 0 Å². The summed E-state index contributed by atoms with van der Waals surface area (Å²) >= 11 is 1.64. The lowest BCUT2D eigenvalue weighted by Gasteiger charge is -2.14. The normalized spacial score (nSPS) is 11.6. The average molecular weight is 398 g/mol. The fraction of sp³-hybridized carbons (Fsp3) is 0.409. The largest absolute Gasteiger partial charge is 0.483 e. The molecule has 2 aromatic heterocycles. The Morgan fingerprint density at radius 2 is 1.96 bits per heavy atom. The number of nitrogens with zero attached hydrogens (tertiary/aromatic N) is 2. The summed E-state index contributed by atoms with van der Waals surface area (Å²) in [5.74, 6) is 0.555. The van der Waals surface area contributed by atoms with Gasteiger partial charge in [-0.15, -0.1) is 11.3 Å². The third kappa shape index (κ3) is 5.07. The smallest absolute Gasteiger partial charge is 0.257 e. The molecule has 0 fully saturated rings. The first-order valence-electron chi connectivity index (χ1n) is 9.45. The van der Waals surface area contributed by atoms with Gasteiger partial charge in [-0.1, -0.05) is 32.4 Å². The van der Waals surface area contributed by atoms with Crippen molar-refractivity contribution in [2.24, 2.45) is 0 Å². The van der Waals surface area contributed by atoms with Crippen molar-refractivity contribution in [3.05, 3.63) is 51.6 Å². The van der Waals surface area contributed by atoms with Crippen LogP contribution in [-0.4, -0.2) is 29.0 Å². The van der Waals surface area contributed by atoms with E-state index in [9.17, 15) is 4.79 Å². The van der Waals surface area contributed by atoms with E-state index in [1.807, 2.05) is 38.1 Å². The molecule has 0 saturated carbocycles. The second kappa shape index (κ2) is 8.27. The Bertz CT molecular complexity index is 989. The van der Waals surface area contributed by atoms with Crippen LogP contribution in [0.25, 0.3) is 10.9 Å². The first kappa shape index (κ1) is 20.3. The average Bonchev–Trinajstić information content (AvgIpc) is 3.09. The highest BCUT2D eigenvalue weighted by molar-refractivity contribution is 7.09. The van der Waals surface area contributed by atoms with Crippen LogP contribution in [0, 0.1) is 13.8 Å². The molecule has 1 aromatic carbocycles. The van der Waals surface area contributed by atoms with Crippen molar-refractivity contribution < 1.29 is 9.53 Å². The van der Waals surface area contributed by atoms with Crippen molar-refractivity contribution in [1.82, 2.24) is 15.3 Å². The Kier molecular flexibility index (Phi) is 5.98. The lowest BCUT2D eigenvalue weighted by Crippen LogP contribution is -2.30. The summed E-state index contributed by atoms with van der Waals surface area (Å²) in [4.78, 5) is 21.4. The fourth-order valence-corrected chi connectivity index (χ4v) is 3.85. The number of pyridine rings is 1. The summed E-state index contributed by atoms with van der Waals surface area (Å²) < 4.78 is 5.80. The number of ether oxygens (including phenoxy) is 1. The number of carbonyl (C=O) groups is 1. The van der Waals surface area contributed by atoms with Crippen LogP contribution in [0.1, 0.15) is 42.7 Å². The third-order valence-electron chi connectivity index (χ3n) is 4.39. The van der Waals surface area contributed by atoms with Gasteiger partial charge in [-0.25, -0.2) is 4.98 Å². The number of aryl methyl sites for hydroxylation is 2. The first-order chi connectivity index (χ1) is 13.2. The first-order valence-corrected chi connectivity index (χ1v) is 10.3. The SMILES string of the molecule is Cc1ccc2nc(C)cc(OCC(=O)NCCc3nc(C(C)(C)C)cs3)c2c1. The maximum absolute atomic E-state index is 12.2. The monoisotopic (exact) mass is 397 g/mol. The van der Waals surface area contributed by atoms with Crippen LogP contribution < -0.4 is 10.1 Å². The maximum Gasteiger partial charge on any atom is 0.257 e. The molecule has 28 heavy (non-hydrogen) atoms. The number of fused-ring (bicyclic) bond motifs is 1. The van der Waals surface area contributed by atoms with Crippen molar-refractivity contribution >= 4 is 28.1 Å². The van der Waals surface area contributed by atoms with Gasteiger partial charge < -0.3 is 10.1 Å². The summed E-state index contributed by atoms with van der Waals surface area (Å²) in [6, 6.07) is 7.91. The van der Waals surface area contributed by atoms with Gasteiger partial charge in [0.15, 0.2) is 6.61 Å². The molecule has 3 aromatic rings. The second-order valence-corrected chi connectivity index (χ2v) is 8.99. The third-order valence-corrected chi connectivity index (χ3v) is 5.30. The number of rotatable bonds is 6. The Morgan fingerprint density at radius 1 is 1.18 bits per heavy atom. The van der Waals surface area contributed by atoms with E-state index in [4.69, 9.17) is 4.74 Å². The number of nitrogens with one attached hydrogen (secondary N) is 1. The summed E-state index contributed by atoms with van der Waals surface area (Å²) in [7, 11) is 0. The topological polar surface area (TPSA) is 64.1 Å². The molecule has 5 nitrogen and oxygen atoms in total. The van der Waals surface area contributed by atoms with E-state index < -0.39 is 0 Å². The van der Waals surface area contributed by atoms with Crippen LogP contribution in [-0.2, 0) is 16.6 Å². The van der Waals surface area contributed by atoms with E-state index >= 15 is 0 Å². The van der Waals surface area contributed by atoms with Crippen LogP contribution in [0.5, 0.6) is 5.75 Å². The minimum atomic E-state index is -0.136. The highest BCUT2D eigenvalue weighted by Gasteiger charge is 2.17. The molecule has 0 aliphatic heterocycles. The number of hydrogen-bond acceptors (Lipinski definition) is 5. The Labute approximate surface area is 170 Å². The zero-order valence-corrected chi connectivity index (χ0v) is 17.9. The molecule has 148 valence electrons. The van der Waals surface area contributed by atoms with Crippen LogP contribution in [0.3, 0.4) is 0 Å². The molecule has 0 bridgehead atoms. The van der Waals surface area contributed by atoms with E-state index in [1.54, 1.807) is 11.3 Å². The fourth-order valence-electron chi connectivity index (χ4n) is 2.83. The van der Waals surface area contributed by atoms with Crippen LogP contribution >= 0.6 is 11.3 Å². The van der Waals surface area contributed by atoms with E-state index in [2.05, 4.69) is 41.4 Å². The highest BCUT2D eigenvalue weighted by Crippen LogP contribution is 2.26. The van der Waals surface area contributed by atoms with Crippen LogP contribution in [0.15, 0.2) is 29.6 Å². The van der Waals surface area contributed by atoms with E-state index in [-0.39, 0.29) is 17.9 Å². The van der Waals surface area contributed by atoms with Gasteiger partial charge >= 0.3 is 0 Å². The van der Waals surface area contributed by atoms with Crippen molar-refractivity contribution in [3.8, 4) is 5.75 Å². The van der Waals surface area contributed by atoms with E-state index in [0.29, 0.717) is 12.3 Å². The zero-order chi connectivity index (χ0) is 20.3. The minimum Gasteiger partial charge on any atom is -0.483 e. The minimum absolute atomic E-state index is 0.0163. The molecular weight excluding hydrogens is 370 g/mol. The van der Waals surface area contributed by atoms with E-state index in [0.717, 1.165) is 39.3 Å². The van der Waals surface area contributed by atoms with Gasteiger partial charge in [0.1, 0.15) is 5.75 Å². The molecule has 0 aliphatic rings. The summed E-state index contributed by atoms with van der Waals surface area (Å²) in [5.41, 5.74) is 4.02. The Morgan fingerprint density at radius 3 is 2.68 bits per heavy atom. The standard InChI is InChI=1S/C22H27N3O2S/c1-14-6-7-17-16(10-14)18(11-15(2)24-17)27-12-20(26)23-9-8-21-25-19(13-28-21)22(3,4)5/h6-7,10-11,13H,8-9,12H2,1-5H3,(H,23,26). The molecule has 6 heteroatoms. The molecule has 0 radical (unpaired) electrons. The van der Waals surface area contributed by atoms with Crippen molar-refractivity contribution in [1.29, 1.82) is 0 Å². The van der Waals surface area contributed by atoms with Gasteiger partial charge in [-0.05, 0) is 26.0 Å². The lowest BCUT2D eigenvalue weighted by atomic mass is 9.93. The van der Waals surface area contributed by atoms with Crippen molar-refractivity contribution in [2.75, 3.05) is 13.2 Å². The number of amides is 1. The van der Waals surface area contributed by atoms with Gasteiger partial charge in [-0.2, -0.15) is 0 Å². The molecule has 1 N–H and O–H groups in total. The Balaban J connectivity index is 1.54. The van der Waals surface area contributed by atoms with Gasteiger partial charge in [-0.3, -0.25) is 9.78 Å². The number of carbonyl (C=O) groups excluding carboxylic acids is 1. The quantitative estimate of drug-likeness (QED) is 0.672. The number of thiazole rings is 1. The summed E-state index contributed by atoms with van der Waals surface area (Å²) in [5, 5.41) is 6.97. The second-order valence-electron chi connectivity index (χ2n) is 8.05. The molecule has 0 saturated heterocycles. The van der Waals surface area contributed by atoms with E-state index in [1.165, 1.54) is 0 Å². The van der Waals surface area contributed by atoms with Crippen LogP contribution in [0.4, 0.5) is 0 Å². The van der Waals surface area contributed by atoms with Gasteiger partial charge in [0.05, 0.1) is 16.2 Å². The maximum atomic E-state index is 12.2. The molecule has 3 rings (SSSR count). The molecular formula is C22H27N3O2S. The summed E-state index contributed by atoms with van der Waals surface area (Å²) in [6.45, 7) is 10.9. The predicted octanol–water partition coefficient (Wildman–Crippen LogP) is 4.34. The predicted molar refractivity (Wildman–Crippen MR) is 114 cm³/mol. The van der Waals surface area contributed by atoms with Crippen molar-refractivity contribution in [3.63, 3.8) is 0 Å². The Hall–Kier alpha value is -2.47. The lowest BCUT2D eigenvalue weighted by molar-refractivity contribution is -0.123. The number of hydrogen-bond donors (Lipinski definition) is 1.